The molecule has 1 saturated carbocycles. The topological polar surface area (TPSA) is 106 Å². The normalized spacial score (nSPS) is 36.6. The number of H-pyrrole nitrogens is 1. The minimum Gasteiger partial charge on any atom is -0.376 e. The minimum absolute atomic E-state index is 0.0145. The van der Waals surface area contributed by atoms with Gasteiger partial charge in [0.1, 0.15) is 6.33 Å². The summed E-state index contributed by atoms with van der Waals surface area (Å²) < 4.78 is 5.51. The number of carbonyl (C=O) groups is 1. The second-order valence-electron chi connectivity index (χ2n) is 4.20. The average molecular weight is 223 g/mol. The number of ether oxygens (including phenoxy) is 1. The Hall–Kier alpha value is -1.47. The van der Waals surface area contributed by atoms with Crippen LogP contribution in [0.5, 0.6) is 0 Å². The number of aromatic amines is 1. The maximum Gasteiger partial charge on any atom is 0.288 e. The number of nitrogens with two attached hydrogens (primary N) is 1. The van der Waals surface area contributed by atoms with Crippen LogP contribution in [0, 0.1) is 5.92 Å². The first-order valence-corrected chi connectivity index (χ1v) is 5.31. The third kappa shape index (κ3) is 1.32. The van der Waals surface area contributed by atoms with Crippen molar-refractivity contribution in [2.45, 2.75) is 24.6 Å². The van der Waals surface area contributed by atoms with Crippen LogP contribution in [0.2, 0.25) is 0 Å². The van der Waals surface area contributed by atoms with E-state index in [1.54, 1.807) is 0 Å². The molecule has 7 heteroatoms. The molecule has 0 spiro atoms. The smallest absolute Gasteiger partial charge is 0.288 e. The predicted molar refractivity (Wildman–Crippen MR) is 53.5 cm³/mol. The lowest BCUT2D eigenvalue weighted by atomic mass is 9.72. The average Bonchev–Trinajstić information content (AvgIpc) is 2.94. The number of nitrogens with one attached hydrogen (secondary N) is 2. The number of aromatic nitrogens is 3. The Bertz CT molecular complexity index is 393. The van der Waals surface area contributed by atoms with Crippen molar-refractivity contribution in [1.29, 1.82) is 0 Å². The molecule has 0 radical (unpaired) electrons. The standard InChI is InChI=1S/C9H13N5O2/c10-5-4-1-2-16-7(4)6(5)13-9(15)8-11-3-12-14-8/h3-7H,1-2,10H2,(H,13,15)(H,11,12,14). The highest BCUT2D eigenvalue weighted by atomic mass is 16.5. The van der Waals surface area contributed by atoms with Crippen molar-refractivity contribution < 1.29 is 9.53 Å². The molecule has 86 valence electrons. The lowest BCUT2D eigenvalue weighted by molar-refractivity contribution is -0.0162. The summed E-state index contributed by atoms with van der Waals surface area (Å²) in [4.78, 5) is 15.5. The quantitative estimate of drug-likeness (QED) is 0.574. The van der Waals surface area contributed by atoms with Crippen molar-refractivity contribution >= 4 is 5.91 Å². The summed E-state index contributed by atoms with van der Waals surface area (Å²) in [5, 5.41) is 8.95. The second kappa shape index (κ2) is 3.53. The molecule has 1 saturated heterocycles. The zero-order valence-electron chi connectivity index (χ0n) is 8.59. The molecular formula is C9H13N5O2. The van der Waals surface area contributed by atoms with E-state index in [2.05, 4.69) is 20.5 Å². The first kappa shape index (κ1) is 9.73. The van der Waals surface area contributed by atoms with Crippen LogP contribution < -0.4 is 11.1 Å². The van der Waals surface area contributed by atoms with Crippen molar-refractivity contribution in [1.82, 2.24) is 20.5 Å². The highest BCUT2D eigenvalue weighted by molar-refractivity contribution is 5.90. The van der Waals surface area contributed by atoms with E-state index < -0.39 is 0 Å². The van der Waals surface area contributed by atoms with Gasteiger partial charge in [-0.3, -0.25) is 9.89 Å². The predicted octanol–water partition coefficient (Wildman–Crippen LogP) is -1.35. The molecule has 4 N–H and O–H groups in total. The van der Waals surface area contributed by atoms with Gasteiger partial charge in [0.15, 0.2) is 0 Å². The number of fused-ring (bicyclic) bond motifs is 1. The van der Waals surface area contributed by atoms with Crippen LogP contribution in [0.3, 0.4) is 0 Å². The van der Waals surface area contributed by atoms with Gasteiger partial charge in [0.2, 0.25) is 5.82 Å². The lowest BCUT2D eigenvalue weighted by Gasteiger charge is -2.45. The molecule has 7 nitrogen and oxygen atoms in total. The van der Waals surface area contributed by atoms with Crippen LogP contribution in [0.15, 0.2) is 6.33 Å². The SMILES string of the molecule is NC1C2CCOC2C1NC(=O)c1ncn[nH]1. The molecule has 3 rings (SSSR count). The van der Waals surface area contributed by atoms with Crippen LogP contribution in [0.25, 0.3) is 0 Å². The van der Waals surface area contributed by atoms with Gasteiger partial charge in [-0.2, -0.15) is 5.10 Å². The van der Waals surface area contributed by atoms with E-state index in [9.17, 15) is 4.79 Å². The fraction of sp³-hybridized carbons (Fsp3) is 0.667. The molecule has 2 aliphatic rings. The molecule has 0 aromatic carbocycles. The maximum atomic E-state index is 11.7. The Kier molecular flexibility index (Phi) is 2.15. The number of hydrogen-bond donors (Lipinski definition) is 3. The van der Waals surface area contributed by atoms with Gasteiger partial charge < -0.3 is 15.8 Å². The van der Waals surface area contributed by atoms with E-state index in [4.69, 9.17) is 10.5 Å². The fourth-order valence-corrected chi connectivity index (χ4v) is 2.46. The number of carbonyl (C=O) groups excluding carboxylic acids is 1. The summed E-state index contributed by atoms with van der Waals surface area (Å²) in [7, 11) is 0. The molecule has 4 atom stereocenters. The Labute approximate surface area is 91.8 Å². The number of nitrogens with zero attached hydrogens (tertiary/aromatic N) is 2. The number of rotatable bonds is 2. The van der Waals surface area contributed by atoms with E-state index in [-0.39, 0.29) is 29.9 Å². The molecule has 1 aromatic rings. The molecule has 1 aliphatic carbocycles. The number of amides is 1. The van der Waals surface area contributed by atoms with Crippen LogP contribution >= 0.6 is 0 Å². The van der Waals surface area contributed by atoms with Crippen molar-refractivity contribution in [3.05, 3.63) is 12.2 Å². The van der Waals surface area contributed by atoms with Crippen LogP contribution in [-0.4, -0.2) is 45.9 Å². The van der Waals surface area contributed by atoms with Crippen LogP contribution in [0.1, 0.15) is 17.0 Å². The summed E-state index contributed by atoms with van der Waals surface area (Å²) in [5.74, 6) is 0.306. The molecule has 16 heavy (non-hydrogen) atoms. The summed E-state index contributed by atoms with van der Waals surface area (Å²) in [6, 6.07) is -0.121. The van der Waals surface area contributed by atoms with Crippen molar-refractivity contribution in [3.63, 3.8) is 0 Å². The zero-order chi connectivity index (χ0) is 11.1. The van der Waals surface area contributed by atoms with Gasteiger partial charge in [-0.05, 0) is 6.42 Å². The molecule has 2 fully saturated rings. The second-order valence-corrected chi connectivity index (χ2v) is 4.20. The first-order chi connectivity index (χ1) is 7.77. The Balaban J connectivity index is 1.65. The van der Waals surface area contributed by atoms with Gasteiger partial charge >= 0.3 is 0 Å². The Morgan fingerprint density at radius 2 is 2.56 bits per heavy atom. The molecule has 1 aliphatic heterocycles. The van der Waals surface area contributed by atoms with Crippen LogP contribution in [-0.2, 0) is 4.74 Å². The van der Waals surface area contributed by atoms with E-state index >= 15 is 0 Å². The van der Waals surface area contributed by atoms with E-state index in [0.29, 0.717) is 5.92 Å². The largest absolute Gasteiger partial charge is 0.376 e. The minimum atomic E-state index is -0.285. The summed E-state index contributed by atoms with van der Waals surface area (Å²) in [6.45, 7) is 0.734. The van der Waals surface area contributed by atoms with Crippen molar-refractivity contribution in [2.24, 2.45) is 11.7 Å². The third-order valence-corrected chi connectivity index (χ3v) is 3.37. The third-order valence-electron chi connectivity index (χ3n) is 3.37. The monoisotopic (exact) mass is 223 g/mol. The molecule has 2 heterocycles. The highest BCUT2D eigenvalue weighted by Gasteiger charge is 2.52. The van der Waals surface area contributed by atoms with Crippen molar-refractivity contribution in [3.8, 4) is 0 Å². The van der Waals surface area contributed by atoms with Gasteiger partial charge in [-0.1, -0.05) is 0 Å². The Morgan fingerprint density at radius 3 is 3.31 bits per heavy atom. The summed E-state index contributed by atoms with van der Waals surface area (Å²) in [6.07, 6.45) is 2.35. The van der Waals surface area contributed by atoms with E-state index in [1.165, 1.54) is 6.33 Å². The van der Waals surface area contributed by atoms with Crippen LogP contribution in [0.4, 0.5) is 0 Å². The molecule has 0 bridgehead atoms. The summed E-state index contributed by atoms with van der Waals surface area (Å²) >= 11 is 0. The van der Waals surface area contributed by atoms with E-state index in [1.807, 2.05) is 0 Å². The van der Waals surface area contributed by atoms with Gasteiger partial charge in [0.05, 0.1) is 12.1 Å². The highest BCUT2D eigenvalue weighted by Crippen LogP contribution is 2.37. The van der Waals surface area contributed by atoms with Gasteiger partial charge in [0.25, 0.3) is 5.91 Å². The molecule has 4 unspecified atom stereocenters. The van der Waals surface area contributed by atoms with E-state index in [0.717, 1.165) is 13.0 Å². The summed E-state index contributed by atoms with van der Waals surface area (Å²) in [5.41, 5.74) is 5.97. The first-order valence-electron chi connectivity index (χ1n) is 5.31. The maximum absolute atomic E-state index is 11.7. The molecule has 1 amide bonds. The molecule has 1 aromatic heterocycles. The zero-order valence-corrected chi connectivity index (χ0v) is 8.59. The van der Waals surface area contributed by atoms with Gasteiger partial charge in [-0.15, -0.1) is 0 Å². The molecular weight excluding hydrogens is 210 g/mol. The lowest BCUT2D eigenvalue weighted by Crippen LogP contribution is -2.69. The Morgan fingerprint density at radius 1 is 1.69 bits per heavy atom. The number of hydrogen-bond acceptors (Lipinski definition) is 5. The fourth-order valence-electron chi connectivity index (χ4n) is 2.46. The van der Waals surface area contributed by atoms with Gasteiger partial charge in [0, 0.05) is 18.6 Å². The van der Waals surface area contributed by atoms with Crippen molar-refractivity contribution in [2.75, 3.05) is 6.61 Å². The van der Waals surface area contributed by atoms with Gasteiger partial charge in [-0.25, -0.2) is 4.98 Å².